The Morgan fingerprint density at radius 1 is 0.895 bits per heavy atom. The second kappa shape index (κ2) is 4.81. The number of H-pyrrole nitrogens is 1. The fourth-order valence-corrected chi connectivity index (χ4v) is 1.74. The highest BCUT2D eigenvalue weighted by Gasteiger charge is 2.08. The van der Waals surface area contributed by atoms with Gasteiger partial charge in [0.1, 0.15) is 5.69 Å². The third kappa shape index (κ3) is 2.26. The zero-order chi connectivity index (χ0) is 13.1. The van der Waals surface area contributed by atoms with Gasteiger partial charge in [0.15, 0.2) is 11.5 Å². The van der Waals surface area contributed by atoms with Crippen LogP contribution in [0.3, 0.4) is 0 Å². The number of nitrogens with one attached hydrogen (secondary N) is 1. The Hall–Kier alpha value is -2.82. The van der Waals surface area contributed by atoms with Crippen LogP contribution in [0.4, 0.5) is 0 Å². The summed E-state index contributed by atoms with van der Waals surface area (Å²) < 4.78 is 0. The average Bonchev–Trinajstić information content (AvgIpc) is 2.49. The summed E-state index contributed by atoms with van der Waals surface area (Å²) in [4.78, 5) is 18.8. The topological polar surface area (TPSA) is 71.5 Å². The number of pyridine rings is 1. The molecular formula is C14H10N4O. The number of hydrogen-bond acceptors (Lipinski definition) is 4. The molecule has 1 N–H and O–H groups in total. The molecule has 0 aliphatic rings. The maximum Gasteiger partial charge on any atom is 0.278 e. The first kappa shape index (κ1) is 11.3. The minimum Gasteiger partial charge on any atom is -0.302 e. The van der Waals surface area contributed by atoms with Gasteiger partial charge in [-0.25, -0.2) is 0 Å². The third-order valence-electron chi connectivity index (χ3n) is 2.65. The van der Waals surface area contributed by atoms with E-state index in [0.717, 1.165) is 5.56 Å². The lowest BCUT2D eigenvalue weighted by Gasteiger charge is -2.01. The molecule has 1 aromatic carbocycles. The minimum absolute atomic E-state index is 0.276. The summed E-state index contributed by atoms with van der Waals surface area (Å²) in [6.07, 6.45) is 1.64. The van der Waals surface area contributed by atoms with Gasteiger partial charge < -0.3 is 4.98 Å². The largest absolute Gasteiger partial charge is 0.302 e. The van der Waals surface area contributed by atoms with Gasteiger partial charge in [-0.15, -0.1) is 10.2 Å². The monoisotopic (exact) mass is 250 g/mol. The Bertz CT molecular complexity index is 738. The number of aromatic amines is 1. The lowest BCUT2D eigenvalue weighted by molar-refractivity contribution is 0.954. The van der Waals surface area contributed by atoms with Gasteiger partial charge in [-0.3, -0.25) is 9.78 Å². The van der Waals surface area contributed by atoms with E-state index in [2.05, 4.69) is 20.2 Å². The number of nitrogens with zero attached hydrogens (tertiary/aromatic N) is 3. The van der Waals surface area contributed by atoms with Crippen LogP contribution >= 0.6 is 0 Å². The molecule has 2 heterocycles. The van der Waals surface area contributed by atoms with E-state index in [0.29, 0.717) is 17.2 Å². The number of aromatic nitrogens is 4. The van der Waals surface area contributed by atoms with Crippen molar-refractivity contribution in [1.82, 2.24) is 20.2 Å². The van der Waals surface area contributed by atoms with Crippen LogP contribution in [0.25, 0.3) is 22.8 Å². The van der Waals surface area contributed by atoms with Crippen molar-refractivity contribution in [3.63, 3.8) is 0 Å². The summed E-state index contributed by atoms with van der Waals surface area (Å²) in [5, 5.41) is 8.01. The molecule has 5 nitrogen and oxygen atoms in total. The minimum atomic E-state index is -0.276. The average molecular weight is 250 g/mol. The molecule has 19 heavy (non-hydrogen) atoms. The van der Waals surface area contributed by atoms with Crippen LogP contribution in [0, 0.1) is 0 Å². The van der Waals surface area contributed by atoms with Crippen molar-refractivity contribution < 1.29 is 0 Å². The summed E-state index contributed by atoms with van der Waals surface area (Å²) in [7, 11) is 0. The Labute approximate surface area is 109 Å². The quantitative estimate of drug-likeness (QED) is 0.754. The SMILES string of the molecule is O=c1[nH]c(-c2ccccn2)nnc1-c1ccccc1. The summed E-state index contributed by atoms with van der Waals surface area (Å²) in [5.74, 6) is 0.366. The van der Waals surface area contributed by atoms with Crippen LogP contribution in [0.2, 0.25) is 0 Å². The maximum atomic E-state index is 12.0. The highest BCUT2D eigenvalue weighted by atomic mass is 16.1. The van der Waals surface area contributed by atoms with Crippen molar-refractivity contribution >= 4 is 0 Å². The van der Waals surface area contributed by atoms with Crippen molar-refractivity contribution in [2.24, 2.45) is 0 Å². The first-order chi connectivity index (χ1) is 9.34. The van der Waals surface area contributed by atoms with Gasteiger partial charge in [-0.05, 0) is 12.1 Å². The number of hydrogen-bond donors (Lipinski definition) is 1. The highest BCUT2D eigenvalue weighted by Crippen LogP contribution is 2.12. The summed E-state index contributed by atoms with van der Waals surface area (Å²) in [5.41, 5.74) is 1.36. The van der Waals surface area contributed by atoms with Gasteiger partial charge in [-0.2, -0.15) is 0 Å². The maximum absolute atomic E-state index is 12.0. The zero-order valence-corrected chi connectivity index (χ0v) is 9.95. The number of rotatable bonds is 2. The normalized spacial score (nSPS) is 10.3. The lowest BCUT2D eigenvalue weighted by Crippen LogP contribution is -2.14. The first-order valence-corrected chi connectivity index (χ1v) is 5.78. The van der Waals surface area contributed by atoms with E-state index in [-0.39, 0.29) is 5.56 Å². The Morgan fingerprint density at radius 3 is 2.37 bits per heavy atom. The van der Waals surface area contributed by atoms with Crippen LogP contribution < -0.4 is 5.56 Å². The second-order valence-electron chi connectivity index (χ2n) is 3.93. The predicted molar refractivity (Wildman–Crippen MR) is 71.3 cm³/mol. The zero-order valence-electron chi connectivity index (χ0n) is 9.95. The van der Waals surface area contributed by atoms with Gasteiger partial charge in [0.25, 0.3) is 5.56 Å². The molecule has 0 saturated carbocycles. The summed E-state index contributed by atoms with van der Waals surface area (Å²) in [6, 6.07) is 14.6. The molecule has 0 atom stereocenters. The molecule has 92 valence electrons. The lowest BCUT2D eigenvalue weighted by atomic mass is 10.2. The van der Waals surface area contributed by atoms with Crippen molar-refractivity contribution in [1.29, 1.82) is 0 Å². The van der Waals surface area contributed by atoms with E-state index >= 15 is 0 Å². The van der Waals surface area contributed by atoms with Gasteiger partial charge in [0, 0.05) is 11.8 Å². The molecule has 3 rings (SSSR count). The molecular weight excluding hydrogens is 240 g/mol. The molecule has 3 aromatic rings. The van der Waals surface area contributed by atoms with E-state index in [1.54, 1.807) is 18.3 Å². The Kier molecular flexibility index (Phi) is 2.86. The molecule has 0 bridgehead atoms. The van der Waals surface area contributed by atoms with E-state index in [4.69, 9.17) is 0 Å². The highest BCUT2D eigenvalue weighted by molar-refractivity contribution is 5.58. The van der Waals surface area contributed by atoms with E-state index in [9.17, 15) is 4.79 Å². The molecule has 0 spiro atoms. The number of benzene rings is 1. The second-order valence-corrected chi connectivity index (χ2v) is 3.93. The van der Waals surface area contributed by atoms with E-state index in [1.165, 1.54) is 0 Å². The van der Waals surface area contributed by atoms with Gasteiger partial charge in [0.2, 0.25) is 0 Å². The van der Waals surface area contributed by atoms with E-state index < -0.39 is 0 Å². The molecule has 0 aliphatic carbocycles. The fraction of sp³-hybridized carbons (Fsp3) is 0. The fourth-order valence-electron chi connectivity index (χ4n) is 1.74. The van der Waals surface area contributed by atoms with Crippen LogP contribution in [-0.4, -0.2) is 20.2 Å². The molecule has 0 radical (unpaired) electrons. The van der Waals surface area contributed by atoms with Gasteiger partial charge in [0.05, 0.1) is 0 Å². The Morgan fingerprint density at radius 2 is 1.68 bits per heavy atom. The molecule has 0 amide bonds. The van der Waals surface area contributed by atoms with Crippen LogP contribution in [0.15, 0.2) is 59.5 Å². The molecule has 0 saturated heterocycles. The van der Waals surface area contributed by atoms with Crippen molar-refractivity contribution in [3.8, 4) is 22.8 Å². The van der Waals surface area contributed by atoms with Crippen molar-refractivity contribution in [2.75, 3.05) is 0 Å². The predicted octanol–water partition coefficient (Wildman–Crippen LogP) is 1.89. The van der Waals surface area contributed by atoms with Crippen molar-refractivity contribution in [2.45, 2.75) is 0 Å². The summed E-state index contributed by atoms with van der Waals surface area (Å²) >= 11 is 0. The van der Waals surface area contributed by atoms with Crippen LogP contribution in [0.5, 0.6) is 0 Å². The first-order valence-electron chi connectivity index (χ1n) is 5.78. The molecule has 5 heteroatoms. The Balaban J connectivity index is 2.07. The smallest absolute Gasteiger partial charge is 0.278 e. The van der Waals surface area contributed by atoms with Gasteiger partial charge in [-0.1, -0.05) is 36.4 Å². The molecule has 0 unspecified atom stereocenters. The molecule has 0 fully saturated rings. The third-order valence-corrected chi connectivity index (χ3v) is 2.65. The van der Waals surface area contributed by atoms with Gasteiger partial charge >= 0.3 is 0 Å². The van der Waals surface area contributed by atoms with E-state index in [1.807, 2.05) is 36.4 Å². The molecule has 0 aliphatic heterocycles. The van der Waals surface area contributed by atoms with Crippen LogP contribution in [0.1, 0.15) is 0 Å². The van der Waals surface area contributed by atoms with Crippen LogP contribution in [-0.2, 0) is 0 Å². The molecule has 2 aromatic heterocycles. The standard InChI is InChI=1S/C14H10N4O/c19-14-12(10-6-2-1-3-7-10)17-18-13(16-14)11-8-4-5-9-15-11/h1-9H,(H,16,18,19). The summed E-state index contributed by atoms with van der Waals surface area (Å²) in [6.45, 7) is 0. The van der Waals surface area contributed by atoms with Crippen molar-refractivity contribution in [3.05, 3.63) is 65.1 Å².